The predicted molar refractivity (Wildman–Crippen MR) is 74.0 cm³/mol. The molecular weight excluding hydrogens is 258 g/mol. The molecule has 0 spiro atoms. The Kier molecular flexibility index (Phi) is 11.7. The van der Waals surface area contributed by atoms with Crippen LogP contribution in [-0.2, 0) is 11.1 Å². The van der Waals surface area contributed by atoms with Crippen LogP contribution in [0.4, 0.5) is 0 Å². The zero-order valence-electron chi connectivity index (χ0n) is 10.7. The number of halogens is 1. The number of nitrogens with two attached hydrogens (primary N) is 1. The molecule has 0 aliphatic heterocycles. The third-order valence-corrected chi connectivity index (χ3v) is 4.03. The third-order valence-electron chi connectivity index (χ3n) is 2.92. The van der Waals surface area contributed by atoms with Gasteiger partial charge in [-0.05, 0) is 12.8 Å². The lowest BCUT2D eigenvalue weighted by Crippen LogP contribution is -2.31. The zero-order valence-corrected chi connectivity index (χ0v) is 12.3. The third kappa shape index (κ3) is 11.2. The molecule has 0 aromatic rings. The lowest BCUT2D eigenvalue weighted by Gasteiger charge is -2.18. The van der Waals surface area contributed by atoms with Crippen molar-refractivity contribution in [2.24, 2.45) is 5.73 Å². The summed E-state index contributed by atoms with van der Waals surface area (Å²) in [6.07, 6.45) is 8.76. The predicted octanol–water partition coefficient (Wildman–Crippen LogP) is 2.94. The van der Waals surface area contributed by atoms with E-state index in [-0.39, 0.29) is 17.2 Å². The van der Waals surface area contributed by atoms with Crippen LogP contribution in [0.1, 0.15) is 58.3 Å². The van der Waals surface area contributed by atoms with Crippen LogP contribution in [0.5, 0.6) is 0 Å². The Bertz CT molecular complexity index is 205. The second kappa shape index (κ2) is 11.5. The lowest BCUT2D eigenvalue weighted by atomic mass is 10.0. The van der Waals surface area contributed by atoms with Crippen molar-refractivity contribution in [3.63, 3.8) is 0 Å². The van der Waals surface area contributed by atoms with E-state index in [2.05, 4.69) is 6.92 Å². The highest BCUT2D eigenvalue weighted by molar-refractivity contribution is 7.79. The fraction of sp³-hybridized carbons (Fsp3) is 1.00. The van der Waals surface area contributed by atoms with Gasteiger partial charge < -0.3 is 10.3 Å². The molecule has 3 unspecified atom stereocenters. The Balaban J connectivity index is 3.43. The molecule has 0 aliphatic carbocycles. The van der Waals surface area contributed by atoms with Crippen molar-refractivity contribution in [3.05, 3.63) is 0 Å². The van der Waals surface area contributed by atoms with E-state index < -0.39 is 11.1 Å². The molecule has 2 N–H and O–H groups in total. The Morgan fingerprint density at radius 1 is 1.18 bits per heavy atom. The first-order valence-corrected chi connectivity index (χ1v) is 8.21. The van der Waals surface area contributed by atoms with Crippen LogP contribution >= 0.6 is 11.6 Å². The van der Waals surface area contributed by atoms with Gasteiger partial charge in [0.2, 0.25) is 0 Å². The van der Waals surface area contributed by atoms with E-state index in [0.717, 1.165) is 12.8 Å². The molecule has 3 nitrogen and oxygen atoms in total. The van der Waals surface area contributed by atoms with E-state index in [1.807, 2.05) is 0 Å². The van der Waals surface area contributed by atoms with Crippen LogP contribution in [0.2, 0.25) is 0 Å². The zero-order chi connectivity index (χ0) is 13.1. The molecule has 0 amide bonds. The molecule has 0 saturated carbocycles. The van der Waals surface area contributed by atoms with Crippen molar-refractivity contribution in [2.45, 2.75) is 69.7 Å². The summed E-state index contributed by atoms with van der Waals surface area (Å²) in [5, 5.41) is -0.219. The van der Waals surface area contributed by atoms with Crippen LogP contribution in [0, 0.1) is 0 Å². The molecule has 0 aromatic heterocycles. The van der Waals surface area contributed by atoms with Gasteiger partial charge in [-0.25, -0.2) is 0 Å². The lowest BCUT2D eigenvalue weighted by molar-refractivity contribution is 0.504. The molecule has 5 heteroatoms. The maximum atomic E-state index is 10.4. The molecule has 3 atom stereocenters. The monoisotopic (exact) mass is 282 g/mol. The Hall–Kier alpha value is 0.360. The summed E-state index contributed by atoms with van der Waals surface area (Å²) in [4.78, 5) is 0. The maximum absolute atomic E-state index is 10.4. The van der Waals surface area contributed by atoms with Crippen molar-refractivity contribution in [1.82, 2.24) is 0 Å². The molecular formula is C12H25ClNO2S-. The molecule has 0 aromatic carbocycles. The van der Waals surface area contributed by atoms with E-state index in [0.29, 0.717) is 6.42 Å². The van der Waals surface area contributed by atoms with Crippen molar-refractivity contribution in [3.8, 4) is 0 Å². The van der Waals surface area contributed by atoms with Gasteiger partial charge in [-0.15, -0.1) is 11.6 Å². The molecule has 0 aliphatic rings. The van der Waals surface area contributed by atoms with Crippen LogP contribution < -0.4 is 5.73 Å². The largest absolute Gasteiger partial charge is 0.772 e. The summed E-state index contributed by atoms with van der Waals surface area (Å²) in [6.45, 7) is 2.20. The minimum Gasteiger partial charge on any atom is -0.772 e. The smallest absolute Gasteiger partial charge is 0.0495 e. The highest BCUT2D eigenvalue weighted by Crippen LogP contribution is 2.14. The number of hydrogen-bond acceptors (Lipinski definition) is 3. The number of alkyl halides is 1. The minimum absolute atomic E-state index is 0.0774. The van der Waals surface area contributed by atoms with Crippen molar-refractivity contribution < 1.29 is 8.76 Å². The first-order chi connectivity index (χ1) is 8.07. The normalized spacial score (nSPS) is 16.7. The van der Waals surface area contributed by atoms with Crippen molar-refractivity contribution in [2.75, 3.05) is 5.75 Å². The van der Waals surface area contributed by atoms with Gasteiger partial charge in [-0.3, -0.25) is 4.21 Å². The Morgan fingerprint density at radius 2 is 1.76 bits per heavy atom. The first-order valence-electron chi connectivity index (χ1n) is 6.53. The number of rotatable bonds is 11. The Labute approximate surface area is 113 Å². The quantitative estimate of drug-likeness (QED) is 0.360. The summed E-state index contributed by atoms with van der Waals surface area (Å²) < 4.78 is 20.8. The van der Waals surface area contributed by atoms with Gasteiger partial charge in [0.1, 0.15) is 0 Å². The second-order valence-electron chi connectivity index (χ2n) is 4.53. The topological polar surface area (TPSA) is 66.2 Å². The summed E-state index contributed by atoms with van der Waals surface area (Å²) in [5.74, 6) is 0.109. The van der Waals surface area contributed by atoms with E-state index in [9.17, 15) is 8.76 Å². The fourth-order valence-electron chi connectivity index (χ4n) is 1.76. The Morgan fingerprint density at radius 3 is 2.35 bits per heavy atom. The van der Waals surface area contributed by atoms with E-state index >= 15 is 0 Å². The van der Waals surface area contributed by atoms with Gasteiger partial charge in [-0.1, -0.05) is 56.5 Å². The summed E-state index contributed by atoms with van der Waals surface area (Å²) in [7, 11) is 0. The van der Waals surface area contributed by atoms with E-state index in [1.165, 1.54) is 32.1 Å². The SMILES string of the molecule is CCCCCCCCC(N)C(Cl)CCS(=O)[O-]. The highest BCUT2D eigenvalue weighted by Gasteiger charge is 2.14. The first kappa shape index (κ1) is 17.4. The van der Waals surface area contributed by atoms with E-state index in [1.54, 1.807) is 0 Å². The van der Waals surface area contributed by atoms with Gasteiger partial charge >= 0.3 is 0 Å². The van der Waals surface area contributed by atoms with Gasteiger partial charge in [0.25, 0.3) is 0 Å². The molecule has 0 saturated heterocycles. The van der Waals surface area contributed by atoms with Crippen LogP contribution in [0.15, 0.2) is 0 Å². The average Bonchev–Trinajstić information content (AvgIpc) is 2.30. The van der Waals surface area contributed by atoms with Crippen molar-refractivity contribution in [1.29, 1.82) is 0 Å². The summed E-state index contributed by atoms with van der Waals surface area (Å²) in [6, 6.07) is -0.0774. The molecule has 0 fully saturated rings. The molecule has 0 bridgehead atoms. The number of hydrogen-bond donors (Lipinski definition) is 1. The van der Waals surface area contributed by atoms with Crippen molar-refractivity contribution >= 4 is 22.7 Å². The average molecular weight is 283 g/mol. The summed E-state index contributed by atoms with van der Waals surface area (Å²) >= 11 is 4.04. The van der Waals surface area contributed by atoms with E-state index in [4.69, 9.17) is 17.3 Å². The standard InChI is InChI=1S/C12H26ClNO2S/c1-2-3-4-5-6-7-8-12(14)11(13)9-10-17(15)16/h11-12H,2-10,14H2,1H3,(H,15,16)/p-1. The van der Waals surface area contributed by atoms with Crippen LogP contribution in [-0.4, -0.2) is 25.9 Å². The van der Waals surface area contributed by atoms with Gasteiger partial charge in [0.05, 0.1) is 0 Å². The van der Waals surface area contributed by atoms with Gasteiger partial charge in [0.15, 0.2) is 0 Å². The minimum atomic E-state index is -2.00. The number of unbranched alkanes of at least 4 members (excludes halogenated alkanes) is 5. The van der Waals surface area contributed by atoms with Gasteiger partial charge in [0, 0.05) is 17.2 Å². The molecule has 0 rings (SSSR count). The molecule has 0 radical (unpaired) electrons. The van der Waals surface area contributed by atoms with Crippen LogP contribution in [0.25, 0.3) is 0 Å². The second-order valence-corrected chi connectivity index (χ2v) is 6.11. The highest BCUT2D eigenvalue weighted by atomic mass is 35.5. The molecule has 0 heterocycles. The maximum Gasteiger partial charge on any atom is 0.0495 e. The van der Waals surface area contributed by atoms with Crippen LogP contribution in [0.3, 0.4) is 0 Å². The van der Waals surface area contributed by atoms with Gasteiger partial charge in [-0.2, -0.15) is 0 Å². The fourth-order valence-corrected chi connectivity index (χ4v) is 2.57. The molecule has 104 valence electrons. The molecule has 17 heavy (non-hydrogen) atoms. The summed E-state index contributed by atoms with van der Waals surface area (Å²) in [5.41, 5.74) is 5.91.